The van der Waals surface area contributed by atoms with Gasteiger partial charge in [0.15, 0.2) is 0 Å². The van der Waals surface area contributed by atoms with E-state index in [2.05, 4.69) is 9.88 Å². The van der Waals surface area contributed by atoms with E-state index in [1.54, 1.807) is 24.5 Å². The van der Waals surface area contributed by atoms with E-state index in [1.165, 1.54) is 0 Å². The van der Waals surface area contributed by atoms with E-state index < -0.39 is 5.97 Å². The van der Waals surface area contributed by atoms with E-state index in [0.717, 1.165) is 12.1 Å². The highest BCUT2D eigenvalue weighted by molar-refractivity contribution is 5.92. The van der Waals surface area contributed by atoms with Gasteiger partial charge in [-0.2, -0.15) is 0 Å². The standard InChI is InChI=1S/C14H19N3O3/c1-16(2)5-7-20-8-6-17-10-15-12-9-11(14(18)19)3-4-13(12)17/h3-4,9-10H,5-8H2,1-2H3,(H,18,19). The number of hydrogen-bond acceptors (Lipinski definition) is 4. The molecule has 1 aromatic heterocycles. The Kier molecular flexibility index (Phi) is 4.70. The van der Waals surface area contributed by atoms with Gasteiger partial charge in [0.1, 0.15) is 0 Å². The van der Waals surface area contributed by atoms with Crippen LogP contribution in [0.4, 0.5) is 0 Å². The highest BCUT2D eigenvalue weighted by atomic mass is 16.5. The quantitative estimate of drug-likeness (QED) is 0.773. The van der Waals surface area contributed by atoms with Crippen molar-refractivity contribution in [2.45, 2.75) is 6.54 Å². The third-order valence-electron chi connectivity index (χ3n) is 3.03. The second kappa shape index (κ2) is 6.49. The van der Waals surface area contributed by atoms with Gasteiger partial charge in [-0.3, -0.25) is 0 Å². The van der Waals surface area contributed by atoms with Gasteiger partial charge < -0.3 is 19.3 Å². The molecule has 6 heteroatoms. The van der Waals surface area contributed by atoms with Crippen LogP contribution in [0.1, 0.15) is 10.4 Å². The van der Waals surface area contributed by atoms with Gasteiger partial charge in [-0.1, -0.05) is 0 Å². The van der Waals surface area contributed by atoms with Crippen molar-refractivity contribution in [2.75, 3.05) is 33.9 Å². The zero-order chi connectivity index (χ0) is 14.5. The molecule has 0 fully saturated rings. The zero-order valence-corrected chi connectivity index (χ0v) is 11.7. The summed E-state index contributed by atoms with van der Waals surface area (Å²) in [5.74, 6) is -0.937. The summed E-state index contributed by atoms with van der Waals surface area (Å²) in [4.78, 5) is 17.2. The van der Waals surface area contributed by atoms with Crippen LogP contribution in [-0.2, 0) is 11.3 Å². The molecular weight excluding hydrogens is 258 g/mol. The first kappa shape index (κ1) is 14.5. The van der Waals surface area contributed by atoms with E-state index in [-0.39, 0.29) is 5.56 Å². The van der Waals surface area contributed by atoms with Crippen LogP contribution >= 0.6 is 0 Å². The third kappa shape index (κ3) is 3.55. The first-order valence-electron chi connectivity index (χ1n) is 6.48. The van der Waals surface area contributed by atoms with Crippen molar-refractivity contribution in [2.24, 2.45) is 0 Å². The molecule has 108 valence electrons. The number of carbonyl (C=O) groups is 1. The molecule has 2 aromatic rings. The lowest BCUT2D eigenvalue weighted by molar-refractivity contribution is 0.0697. The monoisotopic (exact) mass is 277 g/mol. The van der Waals surface area contributed by atoms with Crippen molar-refractivity contribution in [3.05, 3.63) is 30.1 Å². The maximum absolute atomic E-state index is 10.9. The highest BCUT2D eigenvalue weighted by Crippen LogP contribution is 2.15. The first-order valence-corrected chi connectivity index (χ1v) is 6.48. The second-order valence-electron chi connectivity index (χ2n) is 4.86. The fourth-order valence-electron chi connectivity index (χ4n) is 1.89. The molecule has 0 bridgehead atoms. The molecule has 0 aliphatic carbocycles. The van der Waals surface area contributed by atoms with E-state index in [0.29, 0.717) is 25.3 Å². The molecule has 1 heterocycles. The first-order chi connectivity index (χ1) is 9.58. The number of ether oxygens (including phenoxy) is 1. The molecule has 0 saturated heterocycles. The molecular formula is C14H19N3O3. The molecule has 1 N–H and O–H groups in total. The van der Waals surface area contributed by atoms with Crippen LogP contribution in [-0.4, -0.2) is 59.4 Å². The number of fused-ring (bicyclic) bond motifs is 1. The Hall–Kier alpha value is -1.92. The van der Waals surface area contributed by atoms with Gasteiger partial charge in [0.25, 0.3) is 0 Å². The Labute approximate surface area is 117 Å². The molecule has 0 saturated carbocycles. The normalized spacial score (nSPS) is 11.3. The zero-order valence-electron chi connectivity index (χ0n) is 11.7. The summed E-state index contributed by atoms with van der Waals surface area (Å²) in [7, 11) is 4.01. The number of aromatic carboxylic acids is 1. The largest absolute Gasteiger partial charge is 0.478 e. The summed E-state index contributed by atoms with van der Waals surface area (Å²) < 4.78 is 7.51. The van der Waals surface area contributed by atoms with Gasteiger partial charge >= 0.3 is 5.97 Å². The summed E-state index contributed by atoms with van der Waals surface area (Å²) in [5.41, 5.74) is 1.87. The van der Waals surface area contributed by atoms with Gasteiger partial charge in [-0.25, -0.2) is 9.78 Å². The molecule has 0 unspecified atom stereocenters. The molecule has 0 aliphatic heterocycles. The smallest absolute Gasteiger partial charge is 0.335 e. The molecule has 0 atom stereocenters. The van der Waals surface area contributed by atoms with Gasteiger partial charge in [-0.05, 0) is 32.3 Å². The summed E-state index contributed by atoms with van der Waals surface area (Å²) in [6.45, 7) is 2.91. The minimum absolute atomic E-state index is 0.255. The maximum Gasteiger partial charge on any atom is 0.335 e. The van der Waals surface area contributed by atoms with Crippen molar-refractivity contribution in [3.8, 4) is 0 Å². The Bertz CT molecular complexity index is 592. The minimum Gasteiger partial charge on any atom is -0.478 e. The minimum atomic E-state index is -0.937. The number of likely N-dealkylation sites (N-methyl/N-ethyl adjacent to an activating group) is 1. The summed E-state index contributed by atoms with van der Waals surface area (Å²) >= 11 is 0. The van der Waals surface area contributed by atoms with Gasteiger partial charge in [0.05, 0.1) is 36.1 Å². The van der Waals surface area contributed by atoms with Crippen molar-refractivity contribution in [1.82, 2.24) is 14.5 Å². The highest BCUT2D eigenvalue weighted by Gasteiger charge is 2.07. The van der Waals surface area contributed by atoms with Crippen LogP contribution in [0.3, 0.4) is 0 Å². The molecule has 0 radical (unpaired) electrons. The van der Waals surface area contributed by atoms with E-state index in [9.17, 15) is 4.79 Å². The number of benzene rings is 1. The number of nitrogens with zero attached hydrogens (tertiary/aromatic N) is 3. The lowest BCUT2D eigenvalue weighted by Gasteiger charge is -2.10. The molecule has 20 heavy (non-hydrogen) atoms. The van der Waals surface area contributed by atoms with Crippen LogP contribution in [0.5, 0.6) is 0 Å². The molecule has 0 aliphatic rings. The second-order valence-corrected chi connectivity index (χ2v) is 4.86. The van der Waals surface area contributed by atoms with E-state index in [1.807, 2.05) is 18.7 Å². The van der Waals surface area contributed by atoms with Crippen molar-refractivity contribution in [3.63, 3.8) is 0 Å². The Morgan fingerprint density at radius 1 is 1.40 bits per heavy atom. The Morgan fingerprint density at radius 3 is 2.90 bits per heavy atom. The van der Waals surface area contributed by atoms with Crippen LogP contribution in [0.25, 0.3) is 11.0 Å². The van der Waals surface area contributed by atoms with Crippen LogP contribution in [0.2, 0.25) is 0 Å². The van der Waals surface area contributed by atoms with Crippen molar-refractivity contribution in [1.29, 1.82) is 0 Å². The lowest BCUT2D eigenvalue weighted by Crippen LogP contribution is -2.19. The maximum atomic E-state index is 10.9. The van der Waals surface area contributed by atoms with Crippen LogP contribution < -0.4 is 0 Å². The molecule has 0 spiro atoms. The molecule has 6 nitrogen and oxygen atoms in total. The SMILES string of the molecule is CN(C)CCOCCn1cnc2cc(C(=O)O)ccc21. The fourth-order valence-corrected chi connectivity index (χ4v) is 1.89. The van der Waals surface area contributed by atoms with Gasteiger partial charge in [0, 0.05) is 13.1 Å². The molecule has 2 rings (SSSR count). The summed E-state index contributed by atoms with van der Waals surface area (Å²) in [6, 6.07) is 4.96. The Morgan fingerprint density at radius 2 is 2.20 bits per heavy atom. The van der Waals surface area contributed by atoms with E-state index >= 15 is 0 Å². The number of carboxylic acids is 1. The van der Waals surface area contributed by atoms with Crippen molar-refractivity contribution >= 4 is 17.0 Å². The van der Waals surface area contributed by atoms with Crippen molar-refractivity contribution < 1.29 is 14.6 Å². The predicted molar refractivity (Wildman–Crippen MR) is 76.1 cm³/mol. The topological polar surface area (TPSA) is 67.6 Å². The molecule has 0 amide bonds. The third-order valence-corrected chi connectivity index (χ3v) is 3.03. The predicted octanol–water partition coefficient (Wildman–Crippen LogP) is 1.31. The number of imidazole rings is 1. The molecule has 1 aromatic carbocycles. The lowest BCUT2D eigenvalue weighted by atomic mass is 10.2. The number of aromatic nitrogens is 2. The number of rotatable bonds is 7. The van der Waals surface area contributed by atoms with Gasteiger partial charge in [0.2, 0.25) is 0 Å². The van der Waals surface area contributed by atoms with Crippen LogP contribution in [0, 0.1) is 0 Å². The average Bonchev–Trinajstić information content (AvgIpc) is 2.80. The number of carboxylic acid groups (broad SMARTS) is 1. The van der Waals surface area contributed by atoms with E-state index in [4.69, 9.17) is 9.84 Å². The van der Waals surface area contributed by atoms with Gasteiger partial charge in [-0.15, -0.1) is 0 Å². The average molecular weight is 277 g/mol. The fraction of sp³-hybridized carbons (Fsp3) is 0.429. The number of hydrogen-bond donors (Lipinski definition) is 1. The summed E-state index contributed by atoms with van der Waals surface area (Å²) in [6.07, 6.45) is 1.71. The van der Waals surface area contributed by atoms with Crippen LogP contribution in [0.15, 0.2) is 24.5 Å². The Balaban J connectivity index is 1.96. The summed E-state index contributed by atoms with van der Waals surface area (Å²) in [5, 5.41) is 8.94.